The average molecular weight is 367 g/mol. The van der Waals surface area contributed by atoms with Gasteiger partial charge in [-0.3, -0.25) is 9.69 Å². The van der Waals surface area contributed by atoms with E-state index >= 15 is 0 Å². The first-order valence-corrected chi connectivity index (χ1v) is 9.56. The van der Waals surface area contributed by atoms with Gasteiger partial charge in [-0.25, -0.2) is 4.39 Å². The minimum absolute atomic E-state index is 0.0481. The second-order valence-electron chi connectivity index (χ2n) is 7.61. The molecule has 4 atom stereocenters. The van der Waals surface area contributed by atoms with Crippen LogP contribution < -0.4 is 0 Å². The van der Waals surface area contributed by atoms with Crippen LogP contribution in [0.3, 0.4) is 0 Å². The summed E-state index contributed by atoms with van der Waals surface area (Å²) in [6, 6.07) is 14.9. The van der Waals surface area contributed by atoms with Crippen molar-refractivity contribution >= 4 is 5.78 Å². The summed E-state index contributed by atoms with van der Waals surface area (Å²) in [5.41, 5.74) is 3.49. The Hall–Kier alpha value is -2.08. The SMILES string of the molecule is O=C(CN1CCc2ccccc2[C@@H]1c1ccc(F)cc1)[C@H]1C[C@@H]2O[C@@H]2CO1. The van der Waals surface area contributed by atoms with Crippen LogP contribution in [0.1, 0.15) is 29.2 Å². The van der Waals surface area contributed by atoms with Crippen molar-refractivity contribution < 1.29 is 18.7 Å². The van der Waals surface area contributed by atoms with E-state index in [1.165, 1.54) is 23.3 Å². The molecule has 3 heterocycles. The molecule has 2 aromatic rings. The van der Waals surface area contributed by atoms with Crippen LogP contribution in [-0.2, 0) is 20.7 Å². The molecule has 5 heteroatoms. The summed E-state index contributed by atoms with van der Waals surface area (Å²) in [7, 11) is 0. The molecule has 3 aliphatic rings. The molecule has 0 radical (unpaired) electrons. The molecule has 0 N–H and O–H groups in total. The Balaban J connectivity index is 1.41. The van der Waals surface area contributed by atoms with E-state index in [-0.39, 0.29) is 36.0 Å². The third-order valence-electron chi connectivity index (χ3n) is 5.88. The average Bonchev–Trinajstić information content (AvgIpc) is 3.47. The molecule has 2 saturated heterocycles. The normalized spacial score (nSPS) is 29.7. The Bertz CT molecular complexity index is 853. The lowest BCUT2D eigenvalue weighted by Gasteiger charge is -2.38. The molecule has 5 rings (SSSR count). The van der Waals surface area contributed by atoms with Gasteiger partial charge in [0.25, 0.3) is 0 Å². The number of ketones is 1. The molecule has 2 fully saturated rings. The van der Waals surface area contributed by atoms with E-state index in [0.29, 0.717) is 19.6 Å². The van der Waals surface area contributed by atoms with Crippen molar-refractivity contribution in [1.82, 2.24) is 4.90 Å². The number of carbonyl (C=O) groups excluding carboxylic acids is 1. The maximum absolute atomic E-state index is 13.4. The van der Waals surface area contributed by atoms with Crippen molar-refractivity contribution in [3.8, 4) is 0 Å². The van der Waals surface area contributed by atoms with Crippen molar-refractivity contribution in [3.63, 3.8) is 0 Å². The number of carbonyl (C=O) groups is 1. The summed E-state index contributed by atoms with van der Waals surface area (Å²) < 4.78 is 24.6. The number of fused-ring (bicyclic) bond motifs is 2. The molecule has 0 aromatic heterocycles. The number of ether oxygens (including phenoxy) is 2. The van der Waals surface area contributed by atoms with E-state index in [4.69, 9.17) is 9.47 Å². The zero-order valence-electron chi connectivity index (χ0n) is 15.0. The van der Waals surface area contributed by atoms with Crippen LogP contribution >= 0.6 is 0 Å². The third-order valence-corrected chi connectivity index (χ3v) is 5.88. The highest BCUT2D eigenvalue weighted by molar-refractivity contribution is 5.85. The van der Waals surface area contributed by atoms with E-state index in [9.17, 15) is 9.18 Å². The first-order valence-electron chi connectivity index (χ1n) is 9.56. The van der Waals surface area contributed by atoms with Gasteiger partial charge in [-0.15, -0.1) is 0 Å². The van der Waals surface area contributed by atoms with Crippen LogP contribution in [-0.4, -0.2) is 48.7 Å². The van der Waals surface area contributed by atoms with Gasteiger partial charge in [0.1, 0.15) is 18.0 Å². The van der Waals surface area contributed by atoms with Gasteiger partial charge in [-0.05, 0) is 35.2 Å². The highest BCUT2D eigenvalue weighted by Gasteiger charge is 2.47. The summed E-state index contributed by atoms with van der Waals surface area (Å²) in [4.78, 5) is 15.1. The van der Waals surface area contributed by atoms with Gasteiger partial charge in [0.2, 0.25) is 0 Å². The van der Waals surface area contributed by atoms with E-state index in [2.05, 4.69) is 17.0 Å². The molecule has 0 spiro atoms. The topological polar surface area (TPSA) is 42.1 Å². The zero-order valence-corrected chi connectivity index (χ0v) is 15.0. The molecule has 27 heavy (non-hydrogen) atoms. The number of nitrogens with zero attached hydrogens (tertiary/aromatic N) is 1. The van der Waals surface area contributed by atoms with Gasteiger partial charge in [-0.2, -0.15) is 0 Å². The lowest BCUT2D eigenvalue weighted by atomic mass is 9.88. The van der Waals surface area contributed by atoms with Crippen LogP contribution in [0.5, 0.6) is 0 Å². The number of benzene rings is 2. The molecule has 4 nitrogen and oxygen atoms in total. The molecule has 0 bridgehead atoms. The van der Waals surface area contributed by atoms with Gasteiger partial charge in [0.05, 0.1) is 25.3 Å². The molecule has 0 amide bonds. The highest BCUT2D eigenvalue weighted by atomic mass is 19.1. The van der Waals surface area contributed by atoms with Gasteiger partial charge in [-0.1, -0.05) is 36.4 Å². The van der Waals surface area contributed by atoms with E-state index in [1.54, 1.807) is 0 Å². The standard InChI is InChI=1S/C22H22FNO3/c23-16-7-5-15(6-8-16)22-17-4-2-1-3-14(17)9-10-24(22)12-18(25)19-11-20-21(27-20)13-26-19/h1-8,19-22H,9-13H2/t19-,20+,21-,22+/m1/s1. The smallest absolute Gasteiger partial charge is 0.175 e. The Morgan fingerprint density at radius 1 is 1.11 bits per heavy atom. The Morgan fingerprint density at radius 2 is 1.93 bits per heavy atom. The van der Waals surface area contributed by atoms with Gasteiger partial charge in [0, 0.05) is 13.0 Å². The van der Waals surface area contributed by atoms with Crippen LogP contribution in [0.4, 0.5) is 4.39 Å². The lowest BCUT2D eigenvalue weighted by Crippen LogP contribution is -2.44. The van der Waals surface area contributed by atoms with E-state index in [1.807, 2.05) is 24.3 Å². The molecule has 3 aliphatic heterocycles. The molecule has 140 valence electrons. The molecular formula is C22H22FNO3. The molecule has 0 saturated carbocycles. The van der Waals surface area contributed by atoms with Gasteiger partial charge >= 0.3 is 0 Å². The maximum Gasteiger partial charge on any atom is 0.175 e. The minimum Gasteiger partial charge on any atom is -0.367 e. The second kappa shape index (κ2) is 6.82. The van der Waals surface area contributed by atoms with Crippen LogP contribution in [0.15, 0.2) is 48.5 Å². The van der Waals surface area contributed by atoms with E-state index in [0.717, 1.165) is 18.5 Å². The molecule has 0 unspecified atom stereocenters. The van der Waals surface area contributed by atoms with Gasteiger partial charge < -0.3 is 9.47 Å². The Kier molecular flexibility index (Phi) is 4.31. The Labute approximate surface area is 157 Å². The first-order chi connectivity index (χ1) is 13.2. The van der Waals surface area contributed by atoms with Crippen molar-refractivity contribution in [2.24, 2.45) is 0 Å². The summed E-state index contributed by atoms with van der Waals surface area (Å²) >= 11 is 0. The largest absolute Gasteiger partial charge is 0.367 e. The number of rotatable bonds is 4. The summed E-state index contributed by atoms with van der Waals surface area (Å²) in [5.74, 6) is -0.143. The number of hydrogen-bond donors (Lipinski definition) is 0. The number of hydrogen-bond acceptors (Lipinski definition) is 4. The summed E-state index contributed by atoms with van der Waals surface area (Å²) in [6.45, 7) is 1.64. The van der Waals surface area contributed by atoms with Crippen LogP contribution in [0.25, 0.3) is 0 Å². The zero-order chi connectivity index (χ0) is 18.4. The third kappa shape index (κ3) is 3.31. The van der Waals surface area contributed by atoms with Crippen LogP contribution in [0, 0.1) is 5.82 Å². The number of Topliss-reactive ketones (excluding diaryl/α,β-unsaturated/α-hetero) is 1. The minimum atomic E-state index is -0.375. The van der Waals surface area contributed by atoms with Crippen molar-refractivity contribution in [2.75, 3.05) is 19.7 Å². The fourth-order valence-electron chi connectivity index (χ4n) is 4.37. The predicted molar refractivity (Wildman–Crippen MR) is 98.0 cm³/mol. The molecular weight excluding hydrogens is 345 g/mol. The maximum atomic E-state index is 13.4. The molecule has 0 aliphatic carbocycles. The van der Waals surface area contributed by atoms with Crippen molar-refractivity contribution in [2.45, 2.75) is 37.2 Å². The number of epoxide rings is 1. The van der Waals surface area contributed by atoms with Crippen molar-refractivity contribution in [1.29, 1.82) is 0 Å². The van der Waals surface area contributed by atoms with Gasteiger partial charge in [0.15, 0.2) is 5.78 Å². The lowest BCUT2D eigenvalue weighted by molar-refractivity contribution is -0.133. The van der Waals surface area contributed by atoms with Crippen molar-refractivity contribution in [3.05, 3.63) is 71.0 Å². The Morgan fingerprint density at radius 3 is 2.74 bits per heavy atom. The predicted octanol–water partition coefficient (Wildman–Crippen LogP) is 2.90. The number of halogens is 1. The van der Waals surface area contributed by atoms with E-state index < -0.39 is 0 Å². The summed E-state index contributed by atoms with van der Waals surface area (Å²) in [5, 5.41) is 0. The monoisotopic (exact) mass is 367 g/mol. The quantitative estimate of drug-likeness (QED) is 0.780. The summed E-state index contributed by atoms with van der Waals surface area (Å²) in [6.07, 6.45) is 1.58. The molecule has 2 aromatic carbocycles. The fraction of sp³-hybridized carbons (Fsp3) is 0.409. The van der Waals surface area contributed by atoms with Crippen LogP contribution in [0.2, 0.25) is 0 Å². The fourth-order valence-corrected chi connectivity index (χ4v) is 4.37. The second-order valence-corrected chi connectivity index (χ2v) is 7.61. The highest BCUT2D eigenvalue weighted by Crippen LogP contribution is 2.36. The first kappa shape index (κ1) is 17.0.